The van der Waals surface area contributed by atoms with E-state index in [1.54, 1.807) is 0 Å². The van der Waals surface area contributed by atoms with E-state index in [1.807, 2.05) is 17.9 Å². The first-order valence-electron chi connectivity index (χ1n) is 6.33. The van der Waals surface area contributed by atoms with E-state index >= 15 is 0 Å². The van der Waals surface area contributed by atoms with Gasteiger partial charge in [0.05, 0.1) is 6.20 Å². The van der Waals surface area contributed by atoms with Crippen molar-refractivity contribution in [3.63, 3.8) is 0 Å². The van der Waals surface area contributed by atoms with Crippen LogP contribution in [0, 0.1) is 11.8 Å². The molecule has 0 radical (unpaired) electrons. The van der Waals surface area contributed by atoms with Gasteiger partial charge in [0.25, 0.3) is 0 Å². The lowest BCUT2D eigenvalue weighted by Gasteiger charge is -2.20. The lowest BCUT2D eigenvalue weighted by molar-refractivity contribution is 0.350. The van der Waals surface area contributed by atoms with Gasteiger partial charge in [0, 0.05) is 19.1 Å². The zero-order chi connectivity index (χ0) is 11.4. The fourth-order valence-electron chi connectivity index (χ4n) is 2.82. The van der Waals surface area contributed by atoms with Gasteiger partial charge in [-0.25, -0.2) is 0 Å². The monoisotopic (exact) mass is 240 g/mol. The molecule has 1 atom stereocenters. The van der Waals surface area contributed by atoms with Gasteiger partial charge in [0.15, 0.2) is 0 Å². The molecule has 2 rings (SSSR count). The van der Waals surface area contributed by atoms with Gasteiger partial charge >= 0.3 is 0 Å². The maximum Gasteiger partial charge on any atom is 0.0521 e. The quantitative estimate of drug-likeness (QED) is 0.722. The van der Waals surface area contributed by atoms with Crippen molar-refractivity contribution < 1.29 is 0 Å². The molecule has 1 aliphatic carbocycles. The highest BCUT2D eigenvalue weighted by Crippen LogP contribution is 2.34. The first-order valence-corrected chi connectivity index (χ1v) is 6.86. The van der Waals surface area contributed by atoms with Crippen LogP contribution in [0.5, 0.6) is 0 Å². The Morgan fingerprint density at radius 1 is 1.50 bits per heavy atom. The third-order valence-corrected chi connectivity index (χ3v) is 4.22. The van der Waals surface area contributed by atoms with E-state index in [9.17, 15) is 0 Å². The van der Waals surface area contributed by atoms with Crippen molar-refractivity contribution >= 4 is 11.6 Å². The third-order valence-electron chi connectivity index (χ3n) is 3.83. The summed E-state index contributed by atoms with van der Waals surface area (Å²) >= 11 is 6.10. The van der Waals surface area contributed by atoms with Crippen LogP contribution in [-0.2, 0) is 13.5 Å². The zero-order valence-corrected chi connectivity index (χ0v) is 10.8. The minimum atomic E-state index is 0.712. The van der Waals surface area contributed by atoms with Crippen molar-refractivity contribution in [2.24, 2.45) is 18.9 Å². The molecule has 0 bridgehead atoms. The lowest BCUT2D eigenvalue weighted by atomic mass is 9.88. The predicted molar refractivity (Wildman–Crippen MR) is 67.7 cm³/mol. The average molecular weight is 241 g/mol. The van der Waals surface area contributed by atoms with E-state index in [1.165, 1.54) is 37.7 Å². The van der Waals surface area contributed by atoms with Crippen molar-refractivity contribution in [3.8, 4) is 0 Å². The topological polar surface area (TPSA) is 17.8 Å². The number of rotatable bonds is 5. The third kappa shape index (κ3) is 3.00. The molecular formula is C13H21ClN2. The van der Waals surface area contributed by atoms with Crippen LogP contribution >= 0.6 is 11.6 Å². The molecule has 1 aliphatic rings. The first-order chi connectivity index (χ1) is 7.79. The summed E-state index contributed by atoms with van der Waals surface area (Å²) in [5.74, 6) is 2.42. The molecular weight excluding hydrogens is 220 g/mol. The van der Waals surface area contributed by atoms with Gasteiger partial charge in [-0.05, 0) is 30.2 Å². The number of aryl methyl sites for hydroxylation is 2. The fraction of sp³-hybridized carbons (Fsp3) is 0.769. The maximum atomic E-state index is 6.10. The van der Waals surface area contributed by atoms with Crippen molar-refractivity contribution in [1.29, 1.82) is 0 Å². The van der Waals surface area contributed by atoms with Crippen LogP contribution in [0.4, 0.5) is 0 Å². The summed E-state index contributed by atoms with van der Waals surface area (Å²) in [6.45, 7) is 0. The number of aromatic nitrogens is 2. The molecule has 0 saturated heterocycles. The molecule has 1 saturated carbocycles. The fourth-order valence-corrected chi connectivity index (χ4v) is 3.23. The van der Waals surface area contributed by atoms with Crippen LogP contribution in [0.3, 0.4) is 0 Å². The van der Waals surface area contributed by atoms with E-state index in [4.69, 9.17) is 11.6 Å². The molecule has 0 aromatic carbocycles. The molecule has 16 heavy (non-hydrogen) atoms. The van der Waals surface area contributed by atoms with Gasteiger partial charge in [0.2, 0.25) is 0 Å². The molecule has 3 heteroatoms. The largest absolute Gasteiger partial charge is 0.276 e. The van der Waals surface area contributed by atoms with Crippen molar-refractivity contribution in [2.45, 2.75) is 38.5 Å². The van der Waals surface area contributed by atoms with Crippen LogP contribution in [0.15, 0.2) is 12.4 Å². The standard InChI is InChI=1S/C13H21ClN2/c1-16-10-11(9-15-16)6-7-13(8-14)12-4-2-3-5-12/h9-10,12-13H,2-8H2,1H3. The predicted octanol–water partition coefficient (Wildman–Crippen LogP) is 3.40. The van der Waals surface area contributed by atoms with E-state index in [2.05, 4.69) is 11.3 Å². The summed E-state index contributed by atoms with van der Waals surface area (Å²) in [5.41, 5.74) is 1.34. The smallest absolute Gasteiger partial charge is 0.0521 e. The van der Waals surface area contributed by atoms with Gasteiger partial charge in [-0.2, -0.15) is 5.10 Å². The van der Waals surface area contributed by atoms with E-state index in [-0.39, 0.29) is 0 Å². The molecule has 1 fully saturated rings. The number of halogens is 1. The Morgan fingerprint density at radius 3 is 2.81 bits per heavy atom. The van der Waals surface area contributed by atoms with Crippen molar-refractivity contribution in [3.05, 3.63) is 18.0 Å². The second-order valence-electron chi connectivity index (χ2n) is 5.02. The molecule has 0 spiro atoms. The molecule has 1 unspecified atom stereocenters. The number of hydrogen-bond acceptors (Lipinski definition) is 1. The Kier molecular flexibility index (Phi) is 4.28. The SMILES string of the molecule is Cn1cc(CCC(CCl)C2CCCC2)cn1. The highest BCUT2D eigenvalue weighted by atomic mass is 35.5. The Morgan fingerprint density at radius 2 is 2.25 bits per heavy atom. The van der Waals surface area contributed by atoms with Gasteiger partial charge in [-0.15, -0.1) is 11.6 Å². The van der Waals surface area contributed by atoms with Crippen LogP contribution in [-0.4, -0.2) is 15.7 Å². The number of hydrogen-bond donors (Lipinski definition) is 0. The minimum Gasteiger partial charge on any atom is -0.276 e. The van der Waals surface area contributed by atoms with Gasteiger partial charge in [-0.1, -0.05) is 25.7 Å². The summed E-state index contributed by atoms with van der Waals surface area (Å²) < 4.78 is 1.88. The molecule has 2 nitrogen and oxygen atoms in total. The Hall–Kier alpha value is -0.500. The summed E-state index contributed by atoms with van der Waals surface area (Å²) in [6.07, 6.45) is 12.0. The normalized spacial score (nSPS) is 19.1. The highest BCUT2D eigenvalue weighted by molar-refractivity contribution is 6.18. The second kappa shape index (κ2) is 5.72. The summed E-state index contributed by atoms with van der Waals surface area (Å²) in [5, 5.41) is 4.20. The highest BCUT2D eigenvalue weighted by Gasteiger charge is 2.23. The first kappa shape index (κ1) is 12.0. The molecule has 90 valence electrons. The molecule has 0 amide bonds. The van der Waals surface area contributed by atoms with Crippen molar-refractivity contribution in [1.82, 2.24) is 9.78 Å². The maximum absolute atomic E-state index is 6.10. The Bertz CT molecular complexity index is 315. The minimum absolute atomic E-state index is 0.712. The molecule has 1 aromatic rings. The van der Waals surface area contributed by atoms with E-state index < -0.39 is 0 Å². The lowest BCUT2D eigenvalue weighted by Crippen LogP contribution is -2.14. The van der Waals surface area contributed by atoms with Crippen LogP contribution in [0.25, 0.3) is 0 Å². The average Bonchev–Trinajstić information content (AvgIpc) is 2.91. The number of nitrogens with zero attached hydrogens (tertiary/aromatic N) is 2. The summed E-state index contributed by atoms with van der Waals surface area (Å²) in [4.78, 5) is 0. The van der Waals surface area contributed by atoms with E-state index in [0.717, 1.165) is 18.2 Å². The molecule has 0 aliphatic heterocycles. The van der Waals surface area contributed by atoms with Crippen molar-refractivity contribution in [2.75, 3.05) is 5.88 Å². The molecule has 1 heterocycles. The summed E-state index contributed by atoms with van der Waals surface area (Å²) in [6, 6.07) is 0. The van der Waals surface area contributed by atoms with E-state index in [0.29, 0.717) is 5.92 Å². The van der Waals surface area contributed by atoms with Gasteiger partial charge < -0.3 is 0 Å². The number of alkyl halides is 1. The Balaban J connectivity index is 1.82. The van der Waals surface area contributed by atoms with Crippen LogP contribution in [0.2, 0.25) is 0 Å². The van der Waals surface area contributed by atoms with Gasteiger partial charge in [0.1, 0.15) is 0 Å². The van der Waals surface area contributed by atoms with Gasteiger partial charge in [-0.3, -0.25) is 4.68 Å². The molecule has 0 N–H and O–H groups in total. The second-order valence-corrected chi connectivity index (χ2v) is 5.33. The van der Waals surface area contributed by atoms with Crippen LogP contribution in [0.1, 0.15) is 37.7 Å². The van der Waals surface area contributed by atoms with Crippen LogP contribution < -0.4 is 0 Å². The molecule has 1 aromatic heterocycles. The Labute approximate surface area is 103 Å². The summed E-state index contributed by atoms with van der Waals surface area (Å²) in [7, 11) is 1.97. The zero-order valence-electron chi connectivity index (χ0n) is 10.0.